The Morgan fingerprint density at radius 2 is 2.19 bits per heavy atom. The highest BCUT2D eigenvalue weighted by molar-refractivity contribution is 5.27. The molecule has 0 aliphatic heterocycles. The summed E-state index contributed by atoms with van der Waals surface area (Å²) in [4.78, 5) is 8.54. The first-order valence-corrected chi connectivity index (χ1v) is 7.48. The lowest BCUT2D eigenvalue weighted by Gasteiger charge is -2.18. The molecule has 0 amide bonds. The summed E-state index contributed by atoms with van der Waals surface area (Å²) in [5.41, 5.74) is 2.18. The highest BCUT2D eigenvalue weighted by Crippen LogP contribution is 2.16. The number of ether oxygens (including phenoxy) is 1. The van der Waals surface area contributed by atoms with E-state index >= 15 is 0 Å². The molecule has 1 aromatic heterocycles. The topological polar surface area (TPSA) is 47.0 Å². The Hall–Kier alpha value is -1.94. The summed E-state index contributed by atoms with van der Waals surface area (Å²) in [5, 5.41) is 3.50. The highest BCUT2D eigenvalue weighted by Gasteiger charge is 2.12. The van der Waals surface area contributed by atoms with Gasteiger partial charge in [0.15, 0.2) is 0 Å². The van der Waals surface area contributed by atoms with Gasteiger partial charge in [0.1, 0.15) is 5.75 Å². The maximum Gasteiger partial charge on any atom is 0.119 e. The second-order valence-corrected chi connectivity index (χ2v) is 5.09. The van der Waals surface area contributed by atoms with Gasteiger partial charge in [0, 0.05) is 25.0 Å². The Bertz CT molecular complexity index is 531. The van der Waals surface area contributed by atoms with Crippen molar-refractivity contribution >= 4 is 0 Å². The molecule has 1 heterocycles. The van der Waals surface area contributed by atoms with E-state index < -0.39 is 0 Å². The zero-order valence-electron chi connectivity index (χ0n) is 12.7. The van der Waals surface area contributed by atoms with E-state index in [1.807, 2.05) is 18.3 Å². The van der Waals surface area contributed by atoms with Crippen LogP contribution in [0.25, 0.3) is 0 Å². The van der Waals surface area contributed by atoms with Crippen LogP contribution in [0.15, 0.2) is 42.9 Å². The lowest BCUT2D eigenvalue weighted by atomic mass is 10.1. The van der Waals surface area contributed by atoms with Crippen LogP contribution < -0.4 is 10.1 Å². The molecule has 112 valence electrons. The third-order valence-electron chi connectivity index (χ3n) is 3.25. The van der Waals surface area contributed by atoms with Crippen LogP contribution in [0.5, 0.6) is 5.75 Å². The Morgan fingerprint density at radius 1 is 1.29 bits per heavy atom. The Labute approximate surface area is 126 Å². The number of benzene rings is 1. The van der Waals surface area contributed by atoms with Crippen LogP contribution in [0, 0.1) is 6.92 Å². The summed E-state index contributed by atoms with van der Waals surface area (Å²) < 4.78 is 5.83. The van der Waals surface area contributed by atoms with Crippen molar-refractivity contribution in [3.63, 3.8) is 0 Å². The smallest absolute Gasteiger partial charge is 0.119 e. The van der Waals surface area contributed by atoms with E-state index in [0.29, 0.717) is 6.61 Å². The van der Waals surface area contributed by atoms with Gasteiger partial charge in [0.25, 0.3) is 0 Å². The van der Waals surface area contributed by atoms with Crippen molar-refractivity contribution in [3.05, 3.63) is 54.1 Å². The van der Waals surface area contributed by atoms with Crippen molar-refractivity contribution in [3.8, 4) is 5.75 Å². The van der Waals surface area contributed by atoms with E-state index in [0.717, 1.165) is 30.8 Å². The van der Waals surface area contributed by atoms with Crippen molar-refractivity contribution < 1.29 is 4.74 Å². The second kappa shape index (κ2) is 8.37. The quantitative estimate of drug-likeness (QED) is 0.808. The van der Waals surface area contributed by atoms with Gasteiger partial charge in [-0.3, -0.25) is 9.97 Å². The minimum absolute atomic E-state index is 0.184. The molecular weight excluding hydrogens is 262 g/mol. The molecule has 0 radical (unpaired) electrons. The van der Waals surface area contributed by atoms with Gasteiger partial charge in [0.2, 0.25) is 0 Å². The molecule has 4 heteroatoms. The minimum Gasteiger partial charge on any atom is -0.494 e. The second-order valence-electron chi connectivity index (χ2n) is 5.09. The summed E-state index contributed by atoms with van der Waals surface area (Å²) >= 11 is 0. The third kappa shape index (κ3) is 5.16. The molecule has 1 unspecified atom stereocenters. The number of nitrogens with one attached hydrogen (secondary N) is 1. The molecule has 0 saturated carbocycles. The van der Waals surface area contributed by atoms with Gasteiger partial charge in [-0.1, -0.05) is 19.1 Å². The fourth-order valence-corrected chi connectivity index (χ4v) is 2.16. The van der Waals surface area contributed by atoms with E-state index in [9.17, 15) is 0 Å². The molecule has 0 aliphatic carbocycles. The van der Waals surface area contributed by atoms with Crippen LogP contribution in [0.4, 0.5) is 0 Å². The average Bonchev–Trinajstić information content (AvgIpc) is 2.51. The van der Waals surface area contributed by atoms with Gasteiger partial charge in [-0.2, -0.15) is 0 Å². The summed E-state index contributed by atoms with van der Waals surface area (Å²) in [5.74, 6) is 0.920. The van der Waals surface area contributed by atoms with Crippen LogP contribution in [-0.4, -0.2) is 23.1 Å². The Balaban J connectivity index is 1.90. The number of aromatic nitrogens is 2. The van der Waals surface area contributed by atoms with Crippen molar-refractivity contribution in [2.75, 3.05) is 13.2 Å². The SMILES string of the molecule is CCCNC(CCOc1cccc(C)c1)c1cnccn1. The predicted molar refractivity (Wildman–Crippen MR) is 84.4 cm³/mol. The first-order chi connectivity index (χ1) is 10.3. The number of nitrogens with zero attached hydrogens (tertiary/aromatic N) is 2. The molecule has 1 atom stereocenters. The van der Waals surface area contributed by atoms with Crippen molar-refractivity contribution in [1.82, 2.24) is 15.3 Å². The van der Waals surface area contributed by atoms with Crippen molar-refractivity contribution in [2.24, 2.45) is 0 Å². The van der Waals surface area contributed by atoms with Gasteiger partial charge in [-0.15, -0.1) is 0 Å². The van der Waals surface area contributed by atoms with Crippen LogP contribution in [0.2, 0.25) is 0 Å². The maximum absolute atomic E-state index is 5.83. The lowest BCUT2D eigenvalue weighted by molar-refractivity contribution is 0.284. The van der Waals surface area contributed by atoms with E-state index in [4.69, 9.17) is 4.74 Å². The highest BCUT2D eigenvalue weighted by atomic mass is 16.5. The zero-order chi connectivity index (χ0) is 14.9. The van der Waals surface area contributed by atoms with Crippen LogP contribution in [0.3, 0.4) is 0 Å². The minimum atomic E-state index is 0.184. The van der Waals surface area contributed by atoms with Crippen molar-refractivity contribution in [2.45, 2.75) is 32.7 Å². The molecule has 0 aliphatic rings. The Morgan fingerprint density at radius 3 is 2.90 bits per heavy atom. The van der Waals surface area contributed by atoms with Gasteiger partial charge in [-0.05, 0) is 37.6 Å². The standard InChI is InChI=1S/C17H23N3O/c1-3-8-19-16(17-13-18-9-10-20-17)7-11-21-15-6-4-5-14(2)12-15/h4-6,9-10,12-13,16,19H,3,7-8,11H2,1-2H3. The van der Waals surface area contributed by atoms with Crippen LogP contribution in [-0.2, 0) is 0 Å². The van der Waals surface area contributed by atoms with Gasteiger partial charge < -0.3 is 10.1 Å². The fourth-order valence-electron chi connectivity index (χ4n) is 2.16. The normalized spacial score (nSPS) is 12.1. The van der Waals surface area contributed by atoms with E-state index in [1.54, 1.807) is 12.4 Å². The number of hydrogen-bond donors (Lipinski definition) is 1. The van der Waals surface area contributed by atoms with Gasteiger partial charge >= 0.3 is 0 Å². The number of aryl methyl sites for hydroxylation is 1. The van der Waals surface area contributed by atoms with Gasteiger partial charge in [-0.25, -0.2) is 0 Å². The largest absolute Gasteiger partial charge is 0.494 e. The Kier molecular flexibility index (Phi) is 6.16. The molecular formula is C17H23N3O. The number of rotatable bonds is 8. The zero-order valence-corrected chi connectivity index (χ0v) is 12.7. The summed E-state index contributed by atoms with van der Waals surface area (Å²) in [6.07, 6.45) is 7.21. The predicted octanol–water partition coefficient (Wildman–Crippen LogP) is 3.29. The van der Waals surface area contributed by atoms with Crippen molar-refractivity contribution in [1.29, 1.82) is 0 Å². The molecule has 2 aromatic rings. The van der Waals surface area contributed by atoms with E-state index in [-0.39, 0.29) is 6.04 Å². The first-order valence-electron chi connectivity index (χ1n) is 7.48. The first kappa shape index (κ1) is 15.4. The molecule has 0 spiro atoms. The lowest BCUT2D eigenvalue weighted by Crippen LogP contribution is -2.25. The molecule has 1 N–H and O–H groups in total. The summed E-state index contributed by atoms with van der Waals surface area (Å²) in [7, 11) is 0. The number of hydrogen-bond acceptors (Lipinski definition) is 4. The monoisotopic (exact) mass is 285 g/mol. The third-order valence-corrected chi connectivity index (χ3v) is 3.25. The molecule has 21 heavy (non-hydrogen) atoms. The average molecular weight is 285 g/mol. The molecule has 0 saturated heterocycles. The van der Waals surface area contributed by atoms with Crippen LogP contribution in [0.1, 0.15) is 37.1 Å². The molecule has 1 aromatic carbocycles. The summed E-state index contributed by atoms with van der Waals surface area (Å²) in [6, 6.07) is 8.31. The fraction of sp³-hybridized carbons (Fsp3) is 0.412. The van der Waals surface area contributed by atoms with E-state index in [2.05, 4.69) is 41.3 Å². The molecule has 0 bridgehead atoms. The maximum atomic E-state index is 5.83. The molecule has 4 nitrogen and oxygen atoms in total. The summed E-state index contributed by atoms with van der Waals surface area (Å²) in [6.45, 7) is 5.84. The molecule has 2 rings (SSSR count). The van der Waals surface area contributed by atoms with Gasteiger partial charge in [0.05, 0.1) is 18.3 Å². The van der Waals surface area contributed by atoms with Crippen LogP contribution >= 0.6 is 0 Å². The van der Waals surface area contributed by atoms with E-state index in [1.165, 1.54) is 5.56 Å². The molecule has 0 fully saturated rings.